The fraction of sp³-hybridized carbons (Fsp3) is 0.267. The van der Waals surface area contributed by atoms with E-state index in [0.717, 1.165) is 23.2 Å². The number of hydrogen-bond donors (Lipinski definition) is 0. The monoisotopic (exact) mass is 243 g/mol. The fourth-order valence-corrected chi connectivity index (χ4v) is 2.15. The van der Waals surface area contributed by atoms with Gasteiger partial charge in [0.25, 0.3) is 0 Å². The standard InChI is InChI=1S/C15H17NO2/c1-4-16-10-9-13(14(16)15(17)18-3)12-8-6-5-7-11(12)2/h5-10H,4H2,1-3H3. The molecule has 2 rings (SSSR count). The van der Waals surface area contributed by atoms with Gasteiger partial charge in [-0.1, -0.05) is 24.3 Å². The molecule has 0 amide bonds. The number of nitrogens with zero attached hydrogens (tertiary/aromatic N) is 1. The summed E-state index contributed by atoms with van der Waals surface area (Å²) in [6.45, 7) is 4.80. The van der Waals surface area contributed by atoms with Crippen LogP contribution in [0.1, 0.15) is 23.0 Å². The summed E-state index contributed by atoms with van der Waals surface area (Å²) >= 11 is 0. The largest absolute Gasteiger partial charge is 0.464 e. The molecule has 0 fully saturated rings. The van der Waals surface area contributed by atoms with E-state index in [1.807, 2.05) is 54.9 Å². The van der Waals surface area contributed by atoms with E-state index in [9.17, 15) is 4.79 Å². The van der Waals surface area contributed by atoms with Gasteiger partial charge in [-0.15, -0.1) is 0 Å². The average Bonchev–Trinajstić information content (AvgIpc) is 2.82. The Morgan fingerprint density at radius 3 is 2.56 bits per heavy atom. The number of aryl methyl sites for hydroxylation is 2. The molecule has 18 heavy (non-hydrogen) atoms. The van der Waals surface area contributed by atoms with E-state index in [4.69, 9.17) is 4.74 Å². The third kappa shape index (κ3) is 2.04. The fourth-order valence-electron chi connectivity index (χ4n) is 2.15. The van der Waals surface area contributed by atoms with Gasteiger partial charge in [-0.25, -0.2) is 4.79 Å². The number of hydrogen-bond acceptors (Lipinski definition) is 2. The van der Waals surface area contributed by atoms with Crippen LogP contribution in [0.25, 0.3) is 11.1 Å². The first kappa shape index (κ1) is 12.4. The topological polar surface area (TPSA) is 31.2 Å². The normalized spacial score (nSPS) is 10.4. The molecule has 94 valence electrons. The Morgan fingerprint density at radius 1 is 1.22 bits per heavy atom. The van der Waals surface area contributed by atoms with Crippen molar-refractivity contribution in [3.63, 3.8) is 0 Å². The number of benzene rings is 1. The maximum absolute atomic E-state index is 11.9. The Balaban J connectivity index is 2.62. The lowest BCUT2D eigenvalue weighted by molar-refractivity contribution is 0.0589. The first-order valence-corrected chi connectivity index (χ1v) is 6.02. The molecule has 0 aliphatic heterocycles. The third-order valence-electron chi connectivity index (χ3n) is 3.12. The highest BCUT2D eigenvalue weighted by molar-refractivity contribution is 5.96. The molecule has 1 aromatic carbocycles. The first-order chi connectivity index (χ1) is 8.69. The van der Waals surface area contributed by atoms with E-state index in [-0.39, 0.29) is 5.97 Å². The summed E-state index contributed by atoms with van der Waals surface area (Å²) in [5, 5.41) is 0. The maximum atomic E-state index is 11.9. The van der Waals surface area contributed by atoms with Crippen LogP contribution in [-0.2, 0) is 11.3 Å². The molecule has 0 spiro atoms. The Bertz CT molecular complexity index is 570. The Morgan fingerprint density at radius 2 is 1.94 bits per heavy atom. The SMILES string of the molecule is CCn1ccc(-c2ccccc2C)c1C(=O)OC. The van der Waals surface area contributed by atoms with Crippen LogP contribution < -0.4 is 0 Å². The highest BCUT2D eigenvalue weighted by Crippen LogP contribution is 2.28. The van der Waals surface area contributed by atoms with E-state index < -0.39 is 0 Å². The molecule has 0 bridgehead atoms. The predicted molar refractivity (Wildman–Crippen MR) is 71.6 cm³/mol. The number of carbonyl (C=O) groups is 1. The van der Waals surface area contributed by atoms with E-state index in [2.05, 4.69) is 0 Å². The summed E-state index contributed by atoms with van der Waals surface area (Å²) in [6.07, 6.45) is 1.92. The van der Waals surface area contributed by atoms with E-state index in [1.165, 1.54) is 7.11 Å². The molecule has 3 nitrogen and oxygen atoms in total. The van der Waals surface area contributed by atoms with Gasteiger partial charge in [0, 0.05) is 18.3 Å². The second-order valence-corrected chi connectivity index (χ2v) is 4.17. The second kappa shape index (κ2) is 5.08. The van der Waals surface area contributed by atoms with Crippen LogP contribution in [0, 0.1) is 6.92 Å². The summed E-state index contributed by atoms with van der Waals surface area (Å²) in [5.41, 5.74) is 3.78. The molecule has 0 aliphatic rings. The van der Waals surface area contributed by atoms with Crippen molar-refractivity contribution in [2.45, 2.75) is 20.4 Å². The zero-order valence-electron chi connectivity index (χ0n) is 10.9. The van der Waals surface area contributed by atoms with Gasteiger partial charge >= 0.3 is 5.97 Å². The average molecular weight is 243 g/mol. The van der Waals surface area contributed by atoms with Gasteiger partial charge in [0.2, 0.25) is 0 Å². The number of methoxy groups -OCH3 is 1. The molecule has 1 heterocycles. The second-order valence-electron chi connectivity index (χ2n) is 4.17. The third-order valence-corrected chi connectivity index (χ3v) is 3.12. The van der Waals surface area contributed by atoms with Gasteiger partial charge in [0.1, 0.15) is 5.69 Å². The van der Waals surface area contributed by atoms with Gasteiger partial charge in [0.05, 0.1) is 7.11 Å². The molecule has 0 radical (unpaired) electrons. The summed E-state index contributed by atoms with van der Waals surface area (Å²) in [5.74, 6) is -0.292. The number of carbonyl (C=O) groups excluding carboxylic acids is 1. The van der Waals surface area contributed by atoms with Crippen molar-refractivity contribution in [3.8, 4) is 11.1 Å². The molecule has 0 saturated carbocycles. The molecule has 3 heteroatoms. The molecular weight excluding hydrogens is 226 g/mol. The van der Waals surface area contributed by atoms with Crippen molar-refractivity contribution >= 4 is 5.97 Å². The van der Waals surface area contributed by atoms with Crippen molar-refractivity contribution in [1.29, 1.82) is 0 Å². The van der Waals surface area contributed by atoms with E-state index in [1.54, 1.807) is 0 Å². The van der Waals surface area contributed by atoms with Crippen LogP contribution in [0.3, 0.4) is 0 Å². The highest BCUT2D eigenvalue weighted by Gasteiger charge is 2.18. The van der Waals surface area contributed by atoms with Crippen LogP contribution in [0.15, 0.2) is 36.5 Å². The maximum Gasteiger partial charge on any atom is 0.355 e. The Labute approximate surface area is 107 Å². The molecule has 0 atom stereocenters. The van der Waals surface area contributed by atoms with Crippen molar-refractivity contribution in [2.75, 3.05) is 7.11 Å². The number of rotatable bonds is 3. The summed E-state index contributed by atoms with van der Waals surface area (Å²) in [4.78, 5) is 11.9. The van der Waals surface area contributed by atoms with E-state index in [0.29, 0.717) is 5.69 Å². The molecule has 0 aliphatic carbocycles. The number of ether oxygens (including phenoxy) is 1. The first-order valence-electron chi connectivity index (χ1n) is 6.02. The lowest BCUT2D eigenvalue weighted by Crippen LogP contribution is -2.10. The van der Waals surface area contributed by atoms with Crippen LogP contribution in [0.5, 0.6) is 0 Å². The van der Waals surface area contributed by atoms with Gasteiger partial charge in [-0.3, -0.25) is 0 Å². The minimum atomic E-state index is -0.292. The van der Waals surface area contributed by atoms with Gasteiger partial charge in [-0.05, 0) is 31.0 Å². The van der Waals surface area contributed by atoms with Crippen LogP contribution >= 0.6 is 0 Å². The predicted octanol–water partition coefficient (Wildman–Crippen LogP) is 3.27. The molecular formula is C15H17NO2. The molecule has 2 aromatic rings. The molecule has 0 N–H and O–H groups in total. The van der Waals surface area contributed by atoms with Crippen LogP contribution in [0.2, 0.25) is 0 Å². The van der Waals surface area contributed by atoms with Gasteiger partial charge < -0.3 is 9.30 Å². The summed E-state index contributed by atoms with van der Waals surface area (Å²) < 4.78 is 6.79. The lowest BCUT2D eigenvalue weighted by Gasteiger charge is -2.09. The highest BCUT2D eigenvalue weighted by atomic mass is 16.5. The number of aromatic nitrogens is 1. The quantitative estimate of drug-likeness (QED) is 0.775. The number of esters is 1. The van der Waals surface area contributed by atoms with Crippen molar-refractivity contribution in [1.82, 2.24) is 4.57 Å². The van der Waals surface area contributed by atoms with Crippen molar-refractivity contribution in [2.24, 2.45) is 0 Å². The van der Waals surface area contributed by atoms with E-state index >= 15 is 0 Å². The smallest absolute Gasteiger partial charge is 0.355 e. The Kier molecular flexibility index (Phi) is 3.51. The molecule has 0 saturated heterocycles. The zero-order valence-corrected chi connectivity index (χ0v) is 10.9. The van der Waals surface area contributed by atoms with Crippen molar-refractivity contribution in [3.05, 3.63) is 47.8 Å². The molecule has 1 aromatic heterocycles. The minimum Gasteiger partial charge on any atom is -0.464 e. The zero-order chi connectivity index (χ0) is 13.1. The van der Waals surface area contributed by atoms with Crippen LogP contribution in [0.4, 0.5) is 0 Å². The van der Waals surface area contributed by atoms with Gasteiger partial charge in [-0.2, -0.15) is 0 Å². The summed E-state index contributed by atoms with van der Waals surface area (Å²) in [7, 11) is 1.41. The van der Waals surface area contributed by atoms with Gasteiger partial charge in [0.15, 0.2) is 0 Å². The molecule has 0 unspecified atom stereocenters. The Hall–Kier alpha value is -2.03. The van der Waals surface area contributed by atoms with Crippen LogP contribution in [-0.4, -0.2) is 17.6 Å². The minimum absolute atomic E-state index is 0.292. The summed E-state index contributed by atoms with van der Waals surface area (Å²) in [6, 6.07) is 10.0. The lowest BCUT2D eigenvalue weighted by atomic mass is 10.0. The van der Waals surface area contributed by atoms with Crippen molar-refractivity contribution < 1.29 is 9.53 Å².